The van der Waals surface area contributed by atoms with Gasteiger partial charge in [0.1, 0.15) is 0 Å². The summed E-state index contributed by atoms with van der Waals surface area (Å²) < 4.78 is 0. The molecule has 0 amide bonds. The third kappa shape index (κ3) is 7.50. The van der Waals surface area contributed by atoms with Crippen LogP contribution < -0.4 is 0 Å². The van der Waals surface area contributed by atoms with Crippen LogP contribution in [0.2, 0.25) is 0 Å². The first-order chi connectivity index (χ1) is 12.2. The Kier molecular flexibility index (Phi) is 10.8. The van der Waals surface area contributed by atoms with Crippen LogP contribution in [0.15, 0.2) is 0 Å². The molecule has 0 aliphatic heterocycles. The number of aliphatic hydroxyl groups excluding tert-OH is 2. The summed E-state index contributed by atoms with van der Waals surface area (Å²) in [6.45, 7) is 16.0. The van der Waals surface area contributed by atoms with Gasteiger partial charge in [0.15, 0.2) is 0 Å². The number of rotatable bonds is 5. The molecule has 26 heavy (non-hydrogen) atoms. The fourth-order valence-electron chi connectivity index (χ4n) is 5.47. The van der Waals surface area contributed by atoms with Crippen LogP contribution in [-0.2, 0) is 0 Å². The number of hydrogen-bond donors (Lipinski definition) is 2. The van der Waals surface area contributed by atoms with Gasteiger partial charge in [0.05, 0.1) is 12.2 Å². The van der Waals surface area contributed by atoms with E-state index in [2.05, 4.69) is 48.5 Å². The maximum Gasteiger partial charge on any atom is 0.0571 e. The maximum absolute atomic E-state index is 9.91. The Balaban J connectivity index is 0.000000260. The third-order valence-electron chi connectivity index (χ3n) is 7.37. The fourth-order valence-corrected chi connectivity index (χ4v) is 5.47. The first-order valence-corrected chi connectivity index (χ1v) is 11.5. The largest absolute Gasteiger partial charge is 0.393 e. The number of unbranched alkanes of at least 4 members (excludes halogenated alkanes) is 1. The van der Waals surface area contributed by atoms with Crippen LogP contribution in [0.3, 0.4) is 0 Å². The second kappa shape index (κ2) is 11.7. The van der Waals surface area contributed by atoms with E-state index in [0.29, 0.717) is 17.8 Å². The average Bonchev–Trinajstić information content (AvgIpc) is 2.55. The highest BCUT2D eigenvalue weighted by molar-refractivity contribution is 4.84. The maximum atomic E-state index is 9.91. The molecule has 2 aliphatic carbocycles. The lowest BCUT2D eigenvalue weighted by Crippen LogP contribution is -2.36. The average molecular weight is 369 g/mol. The van der Waals surface area contributed by atoms with E-state index in [4.69, 9.17) is 0 Å². The highest BCUT2D eigenvalue weighted by atomic mass is 16.3. The van der Waals surface area contributed by atoms with E-state index in [9.17, 15) is 10.2 Å². The van der Waals surface area contributed by atoms with Crippen molar-refractivity contribution < 1.29 is 10.2 Å². The summed E-state index contributed by atoms with van der Waals surface area (Å²) in [5, 5.41) is 19.5. The van der Waals surface area contributed by atoms with E-state index in [1.165, 1.54) is 32.1 Å². The first kappa shape index (κ1) is 24.0. The topological polar surface area (TPSA) is 40.5 Å². The van der Waals surface area contributed by atoms with Crippen LogP contribution in [0.4, 0.5) is 0 Å². The number of aliphatic hydroxyl groups is 2. The van der Waals surface area contributed by atoms with Crippen molar-refractivity contribution in [1.29, 1.82) is 0 Å². The van der Waals surface area contributed by atoms with Gasteiger partial charge in [0, 0.05) is 0 Å². The Hall–Kier alpha value is -0.0800. The minimum absolute atomic E-state index is 0.0251. The quantitative estimate of drug-likeness (QED) is 0.598. The van der Waals surface area contributed by atoms with Crippen molar-refractivity contribution in [2.75, 3.05) is 0 Å². The number of hydrogen-bond acceptors (Lipinski definition) is 2. The molecule has 6 unspecified atom stereocenters. The van der Waals surface area contributed by atoms with Gasteiger partial charge in [0.25, 0.3) is 0 Å². The van der Waals surface area contributed by atoms with Crippen molar-refractivity contribution in [1.82, 2.24) is 0 Å². The van der Waals surface area contributed by atoms with Crippen LogP contribution in [0.1, 0.15) is 99.8 Å². The van der Waals surface area contributed by atoms with E-state index in [-0.39, 0.29) is 12.2 Å². The molecule has 0 spiro atoms. The minimum Gasteiger partial charge on any atom is -0.393 e. The van der Waals surface area contributed by atoms with Gasteiger partial charge in [-0.2, -0.15) is 0 Å². The molecule has 2 rings (SSSR count). The molecule has 0 saturated heterocycles. The Labute approximate surface area is 164 Å². The van der Waals surface area contributed by atoms with Crippen molar-refractivity contribution in [3.05, 3.63) is 0 Å². The molecule has 2 heteroatoms. The normalized spacial score (nSPS) is 40.8. The highest BCUT2D eigenvalue weighted by Gasteiger charge is 2.33. The van der Waals surface area contributed by atoms with Crippen LogP contribution in [-0.4, -0.2) is 22.4 Å². The fraction of sp³-hybridized carbons (Fsp3) is 1.00. The summed E-state index contributed by atoms with van der Waals surface area (Å²) in [4.78, 5) is 0. The predicted octanol–water partition coefficient (Wildman–Crippen LogP) is 6.30. The van der Waals surface area contributed by atoms with Crippen molar-refractivity contribution >= 4 is 0 Å². The van der Waals surface area contributed by atoms with E-state index < -0.39 is 0 Å². The lowest BCUT2D eigenvalue weighted by Gasteiger charge is -2.38. The van der Waals surface area contributed by atoms with Crippen molar-refractivity contribution in [2.24, 2.45) is 41.4 Å². The summed E-state index contributed by atoms with van der Waals surface area (Å²) >= 11 is 0. The molecular weight excluding hydrogens is 320 g/mol. The van der Waals surface area contributed by atoms with Gasteiger partial charge in [-0.1, -0.05) is 61.3 Å². The first-order valence-electron chi connectivity index (χ1n) is 11.5. The van der Waals surface area contributed by atoms with E-state index in [1.54, 1.807) is 0 Å². The van der Waals surface area contributed by atoms with E-state index >= 15 is 0 Å². The van der Waals surface area contributed by atoms with Crippen LogP contribution >= 0.6 is 0 Å². The summed E-state index contributed by atoms with van der Waals surface area (Å²) in [5.74, 6) is 5.08. The molecule has 2 nitrogen and oxygen atoms in total. The zero-order chi connectivity index (χ0) is 19.9. The molecule has 156 valence electrons. The van der Waals surface area contributed by atoms with Gasteiger partial charge in [-0.25, -0.2) is 0 Å². The van der Waals surface area contributed by atoms with Gasteiger partial charge in [-0.05, 0) is 80.0 Å². The molecule has 0 aromatic rings. The second-order valence-corrected chi connectivity index (χ2v) is 10.2. The summed E-state index contributed by atoms with van der Waals surface area (Å²) in [7, 11) is 0. The monoisotopic (exact) mass is 368 g/mol. The molecule has 6 atom stereocenters. The molecule has 2 aliphatic rings. The van der Waals surface area contributed by atoms with Gasteiger partial charge in [-0.3, -0.25) is 0 Å². The summed E-state index contributed by atoms with van der Waals surface area (Å²) in [6, 6.07) is 0. The Morgan fingerprint density at radius 2 is 1.42 bits per heavy atom. The molecule has 0 aromatic carbocycles. The summed E-state index contributed by atoms with van der Waals surface area (Å²) in [5.41, 5.74) is 0. The summed E-state index contributed by atoms with van der Waals surface area (Å²) in [6.07, 6.45) is 9.43. The highest BCUT2D eigenvalue weighted by Crippen LogP contribution is 2.38. The van der Waals surface area contributed by atoms with Crippen LogP contribution in [0.5, 0.6) is 0 Å². The van der Waals surface area contributed by atoms with Crippen molar-refractivity contribution in [2.45, 2.75) is 112 Å². The zero-order valence-corrected chi connectivity index (χ0v) is 18.7. The van der Waals surface area contributed by atoms with E-state index in [1.807, 2.05) is 0 Å². The van der Waals surface area contributed by atoms with Gasteiger partial charge >= 0.3 is 0 Å². The van der Waals surface area contributed by atoms with Crippen molar-refractivity contribution in [3.8, 4) is 0 Å². The molecule has 2 N–H and O–H groups in total. The Morgan fingerprint density at radius 3 is 1.92 bits per heavy atom. The molecule has 2 saturated carbocycles. The van der Waals surface area contributed by atoms with Gasteiger partial charge < -0.3 is 10.2 Å². The Bertz CT molecular complexity index is 355. The smallest absolute Gasteiger partial charge is 0.0571 e. The minimum atomic E-state index is -0.0337. The molecule has 0 bridgehead atoms. The van der Waals surface area contributed by atoms with Gasteiger partial charge in [-0.15, -0.1) is 0 Å². The predicted molar refractivity (Wildman–Crippen MR) is 113 cm³/mol. The lowest BCUT2D eigenvalue weighted by molar-refractivity contribution is 0.00307. The molecule has 0 radical (unpaired) electrons. The molecule has 2 fully saturated rings. The zero-order valence-electron chi connectivity index (χ0n) is 18.7. The van der Waals surface area contributed by atoms with E-state index in [0.717, 1.165) is 42.9 Å². The van der Waals surface area contributed by atoms with Crippen molar-refractivity contribution in [3.63, 3.8) is 0 Å². The second-order valence-electron chi connectivity index (χ2n) is 10.2. The standard InChI is InChI=1S/2C12H24O/c1-8(2)7-11-10(4)9(3)5-6-12(11)13;1-4-5-6-12-9(2)7-11(13)8-10(12)3/h8-13H,5-7H2,1-4H3;9-13H,4-8H2,1-3H3. The molecular formula is C24H48O2. The SMILES string of the molecule is CC(C)CC1C(O)CCC(C)C1C.CCCCC1C(C)CC(O)CC1C. The van der Waals surface area contributed by atoms with Crippen LogP contribution in [0.25, 0.3) is 0 Å². The van der Waals surface area contributed by atoms with Crippen LogP contribution in [0, 0.1) is 41.4 Å². The molecule has 0 heterocycles. The third-order valence-corrected chi connectivity index (χ3v) is 7.37. The molecule has 0 aromatic heterocycles. The van der Waals surface area contributed by atoms with Gasteiger partial charge in [0.2, 0.25) is 0 Å². The Morgan fingerprint density at radius 1 is 0.846 bits per heavy atom. The lowest BCUT2D eigenvalue weighted by atomic mass is 9.69.